The molecule has 0 amide bonds. The van der Waals surface area contributed by atoms with Gasteiger partial charge in [0.05, 0.1) is 18.4 Å². The molecular formula is C25H32N6. The number of guanidine groups is 1. The highest BCUT2D eigenvalue weighted by Crippen LogP contribution is 2.14. The maximum atomic E-state index is 4.80. The lowest BCUT2D eigenvalue weighted by Gasteiger charge is -2.33. The van der Waals surface area contributed by atoms with E-state index >= 15 is 0 Å². The molecule has 1 aliphatic rings. The van der Waals surface area contributed by atoms with Crippen molar-refractivity contribution in [2.75, 3.05) is 19.6 Å². The van der Waals surface area contributed by atoms with Gasteiger partial charge in [0, 0.05) is 44.0 Å². The maximum absolute atomic E-state index is 4.80. The van der Waals surface area contributed by atoms with E-state index in [4.69, 9.17) is 4.99 Å². The molecule has 0 unspecified atom stereocenters. The van der Waals surface area contributed by atoms with Crippen LogP contribution in [0.1, 0.15) is 30.9 Å². The summed E-state index contributed by atoms with van der Waals surface area (Å²) >= 11 is 0. The molecule has 0 saturated carbocycles. The van der Waals surface area contributed by atoms with Crippen LogP contribution in [-0.4, -0.2) is 46.3 Å². The van der Waals surface area contributed by atoms with Crippen LogP contribution in [0, 0.1) is 0 Å². The smallest absolute Gasteiger partial charge is 0.191 e. The van der Waals surface area contributed by atoms with Gasteiger partial charge >= 0.3 is 0 Å². The summed E-state index contributed by atoms with van der Waals surface area (Å²) in [5, 5.41) is 11.5. The Labute approximate surface area is 185 Å². The third-order valence-electron chi connectivity index (χ3n) is 5.60. The van der Waals surface area contributed by atoms with Gasteiger partial charge in [-0.05, 0) is 37.5 Å². The van der Waals surface area contributed by atoms with Crippen molar-refractivity contribution < 1.29 is 0 Å². The van der Waals surface area contributed by atoms with Crippen LogP contribution < -0.4 is 10.6 Å². The van der Waals surface area contributed by atoms with Gasteiger partial charge in [-0.15, -0.1) is 0 Å². The van der Waals surface area contributed by atoms with Crippen LogP contribution in [0.5, 0.6) is 0 Å². The fraction of sp³-hybridized carbons (Fsp3) is 0.360. The van der Waals surface area contributed by atoms with Gasteiger partial charge in [0.2, 0.25) is 0 Å². The number of nitrogens with one attached hydrogen (secondary N) is 2. The summed E-state index contributed by atoms with van der Waals surface area (Å²) < 4.78 is 1.90. The van der Waals surface area contributed by atoms with Crippen LogP contribution in [0.4, 0.5) is 0 Å². The Morgan fingerprint density at radius 3 is 2.42 bits per heavy atom. The van der Waals surface area contributed by atoms with E-state index in [9.17, 15) is 0 Å². The summed E-state index contributed by atoms with van der Waals surface area (Å²) in [5.74, 6) is 0.886. The fourth-order valence-corrected chi connectivity index (χ4v) is 3.92. The predicted octanol–water partition coefficient (Wildman–Crippen LogP) is 3.59. The first-order valence-corrected chi connectivity index (χ1v) is 11.2. The van der Waals surface area contributed by atoms with Gasteiger partial charge < -0.3 is 10.6 Å². The average molecular weight is 417 g/mol. The number of para-hydroxylation sites is 1. The average Bonchev–Trinajstić information content (AvgIpc) is 3.29. The van der Waals surface area contributed by atoms with Gasteiger partial charge in [-0.1, -0.05) is 48.5 Å². The molecule has 2 aromatic carbocycles. The highest BCUT2D eigenvalue weighted by Gasteiger charge is 2.20. The molecule has 1 saturated heterocycles. The van der Waals surface area contributed by atoms with Gasteiger partial charge in [0.25, 0.3) is 0 Å². The zero-order chi connectivity index (χ0) is 21.3. The minimum Gasteiger partial charge on any atom is -0.357 e. The molecular weight excluding hydrogens is 384 g/mol. The number of aromatic nitrogens is 2. The van der Waals surface area contributed by atoms with Gasteiger partial charge in [0.15, 0.2) is 5.96 Å². The van der Waals surface area contributed by atoms with E-state index in [2.05, 4.69) is 70.0 Å². The van der Waals surface area contributed by atoms with E-state index in [1.807, 2.05) is 35.3 Å². The second kappa shape index (κ2) is 10.8. The number of piperidine rings is 1. The molecule has 0 spiro atoms. The molecule has 1 aliphatic heterocycles. The molecule has 1 fully saturated rings. The predicted molar refractivity (Wildman–Crippen MR) is 126 cm³/mol. The number of hydrogen-bond acceptors (Lipinski definition) is 3. The first kappa shape index (κ1) is 21.1. The highest BCUT2D eigenvalue weighted by atomic mass is 15.3. The summed E-state index contributed by atoms with van der Waals surface area (Å²) in [5.41, 5.74) is 3.55. The second-order valence-corrected chi connectivity index (χ2v) is 8.00. The van der Waals surface area contributed by atoms with Crippen LogP contribution in [0.3, 0.4) is 0 Å². The molecule has 2 heterocycles. The number of hydrogen-bond donors (Lipinski definition) is 2. The van der Waals surface area contributed by atoms with Crippen molar-refractivity contribution in [3.8, 4) is 5.69 Å². The Morgan fingerprint density at radius 1 is 1.00 bits per heavy atom. The molecule has 4 rings (SSSR count). The van der Waals surface area contributed by atoms with Crippen molar-refractivity contribution in [2.45, 2.75) is 38.9 Å². The lowest BCUT2D eigenvalue weighted by atomic mass is 10.0. The molecule has 0 aliphatic carbocycles. The molecule has 162 valence electrons. The van der Waals surface area contributed by atoms with E-state index in [0.717, 1.165) is 56.2 Å². The Kier molecular flexibility index (Phi) is 7.34. The lowest BCUT2D eigenvalue weighted by Crippen LogP contribution is -2.48. The third-order valence-corrected chi connectivity index (χ3v) is 5.60. The van der Waals surface area contributed by atoms with E-state index in [1.54, 1.807) is 0 Å². The zero-order valence-corrected chi connectivity index (χ0v) is 18.2. The van der Waals surface area contributed by atoms with Crippen LogP contribution in [-0.2, 0) is 13.1 Å². The molecule has 6 nitrogen and oxygen atoms in total. The largest absolute Gasteiger partial charge is 0.357 e. The monoisotopic (exact) mass is 416 g/mol. The summed E-state index contributed by atoms with van der Waals surface area (Å²) in [6.45, 7) is 6.81. The van der Waals surface area contributed by atoms with Crippen molar-refractivity contribution in [3.05, 3.63) is 84.2 Å². The van der Waals surface area contributed by atoms with Crippen molar-refractivity contribution in [1.29, 1.82) is 0 Å². The molecule has 0 radical (unpaired) electrons. The normalized spacial score (nSPS) is 15.7. The number of likely N-dealkylation sites (tertiary alicyclic amines) is 1. The number of aliphatic imine (C=N–C) groups is 1. The lowest BCUT2D eigenvalue weighted by molar-refractivity contribution is 0.198. The van der Waals surface area contributed by atoms with E-state index in [1.165, 1.54) is 5.56 Å². The van der Waals surface area contributed by atoms with E-state index in [0.29, 0.717) is 12.6 Å². The topological polar surface area (TPSA) is 57.5 Å². The number of benzene rings is 2. The molecule has 31 heavy (non-hydrogen) atoms. The van der Waals surface area contributed by atoms with Gasteiger partial charge in [-0.25, -0.2) is 9.67 Å². The molecule has 0 bridgehead atoms. The Morgan fingerprint density at radius 2 is 1.71 bits per heavy atom. The van der Waals surface area contributed by atoms with Crippen LogP contribution >= 0.6 is 0 Å². The third kappa shape index (κ3) is 6.18. The Bertz CT molecular complexity index is 942. The zero-order valence-electron chi connectivity index (χ0n) is 18.2. The van der Waals surface area contributed by atoms with Crippen LogP contribution in [0.25, 0.3) is 5.69 Å². The number of nitrogens with zero attached hydrogens (tertiary/aromatic N) is 4. The standard InChI is InChI=1S/C25H32N6/c1-2-26-25(27-17-22-18-28-31(20-22)24-11-7-4-8-12-24)29-23-13-15-30(16-14-23)19-21-9-5-3-6-10-21/h3-12,18,20,23H,2,13-17,19H2,1H3,(H2,26,27,29). The van der Waals surface area contributed by atoms with Crippen molar-refractivity contribution >= 4 is 5.96 Å². The molecule has 6 heteroatoms. The fourth-order valence-electron chi connectivity index (χ4n) is 3.92. The van der Waals surface area contributed by atoms with Crippen LogP contribution in [0.2, 0.25) is 0 Å². The van der Waals surface area contributed by atoms with Crippen LogP contribution in [0.15, 0.2) is 78.0 Å². The molecule has 0 atom stereocenters. The summed E-state index contributed by atoms with van der Waals surface area (Å²) in [4.78, 5) is 7.34. The second-order valence-electron chi connectivity index (χ2n) is 8.00. The minimum absolute atomic E-state index is 0.455. The molecule has 1 aromatic heterocycles. The van der Waals surface area contributed by atoms with E-state index < -0.39 is 0 Å². The van der Waals surface area contributed by atoms with Crippen molar-refractivity contribution in [1.82, 2.24) is 25.3 Å². The Hall–Kier alpha value is -3.12. The maximum Gasteiger partial charge on any atom is 0.191 e. The van der Waals surface area contributed by atoms with E-state index in [-0.39, 0.29) is 0 Å². The first-order valence-electron chi connectivity index (χ1n) is 11.2. The van der Waals surface area contributed by atoms with Crippen molar-refractivity contribution in [3.63, 3.8) is 0 Å². The molecule has 3 aromatic rings. The van der Waals surface area contributed by atoms with Crippen molar-refractivity contribution in [2.24, 2.45) is 4.99 Å². The van der Waals surface area contributed by atoms with Gasteiger partial charge in [0.1, 0.15) is 0 Å². The molecule has 2 N–H and O–H groups in total. The number of rotatable bonds is 7. The van der Waals surface area contributed by atoms with Gasteiger partial charge in [-0.3, -0.25) is 4.90 Å². The quantitative estimate of drug-likeness (QED) is 0.457. The Balaban J connectivity index is 1.29. The summed E-state index contributed by atoms with van der Waals surface area (Å²) in [7, 11) is 0. The van der Waals surface area contributed by atoms with Gasteiger partial charge in [-0.2, -0.15) is 5.10 Å². The first-order chi connectivity index (χ1) is 15.3. The SMILES string of the molecule is CCNC(=NCc1cnn(-c2ccccc2)c1)NC1CCN(Cc2ccccc2)CC1. The summed E-state index contributed by atoms with van der Waals surface area (Å²) in [6.07, 6.45) is 6.19. The summed E-state index contributed by atoms with van der Waals surface area (Å²) in [6, 6.07) is 21.3. The highest BCUT2D eigenvalue weighted by molar-refractivity contribution is 5.80. The minimum atomic E-state index is 0.455.